The first-order chi connectivity index (χ1) is 33.1. The van der Waals surface area contributed by atoms with E-state index in [4.69, 9.17) is 24.1 Å². The van der Waals surface area contributed by atoms with Gasteiger partial charge in [0.2, 0.25) is 23.6 Å². The summed E-state index contributed by atoms with van der Waals surface area (Å²) >= 11 is 0. The summed E-state index contributed by atoms with van der Waals surface area (Å²) in [5.74, 6) is -4.89. The van der Waals surface area contributed by atoms with Gasteiger partial charge in [0, 0.05) is 57.7 Å². The Kier molecular flexibility index (Phi) is 41.7. The number of carbonyl (C=O) groups is 9. The van der Waals surface area contributed by atoms with Crippen LogP contribution in [0.5, 0.6) is 0 Å². The minimum Gasteiger partial charge on any atom is -0.481 e. The van der Waals surface area contributed by atoms with Gasteiger partial charge in [-0.05, 0) is 51.9 Å². The molecule has 69 heavy (non-hydrogen) atoms. The molecule has 0 bridgehead atoms. The summed E-state index contributed by atoms with van der Waals surface area (Å²) in [5, 5.41) is 37.9. The number of Topliss-reactive ketones (excluding diaryl/α,β-unsaturated/α-hetero) is 2. The van der Waals surface area contributed by atoms with Crippen LogP contribution in [-0.4, -0.2) is 146 Å². The number of aliphatic carboxylic acids is 3. The number of carbonyl (C=O) groups excluding carboxylic acids is 6. The fourth-order valence-corrected chi connectivity index (χ4v) is 6.93. The van der Waals surface area contributed by atoms with Gasteiger partial charge >= 0.3 is 17.9 Å². The van der Waals surface area contributed by atoms with E-state index in [1.807, 2.05) is 6.92 Å². The van der Waals surface area contributed by atoms with Gasteiger partial charge in [0.25, 0.3) is 0 Å². The Balaban J connectivity index is 3.79. The molecule has 0 aromatic rings. The Morgan fingerprint density at radius 2 is 0.855 bits per heavy atom. The Bertz CT molecular complexity index is 1460. The lowest BCUT2D eigenvalue weighted by atomic mass is 10.0. The number of ether oxygens (including phenoxy) is 4. The highest BCUT2D eigenvalue weighted by Crippen LogP contribution is 2.14. The van der Waals surface area contributed by atoms with Gasteiger partial charge in [-0.3, -0.25) is 33.6 Å². The molecule has 3 atom stereocenters. The van der Waals surface area contributed by atoms with E-state index in [9.17, 15) is 53.4 Å². The van der Waals surface area contributed by atoms with E-state index >= 15 is 0 Å². The zero-order valence-corrected chi connectivity index (χ0v) is 41.6. The van der Waals surface area contributed by atoms with Crippen LogP contribution in [0.4, 0.5) is 0 Å². The summed E-state index contributed by atoms with van der Waals surface area (Å²) < 4.78 is 21.4. The molecular formula is C49H86N4O16. The van der Waals surface area contributed by atoms with Gasteiger partial charge in [-0.25, -0.2) is 9.59 Å². The molecule has 0 saturated carbocycles. The number of carboxylic acids is 3. The van der Waals surface area contributed by atoms with Gasteiger partial charge < -0.3 is 55.5 Å². The number of unbranched alkanes of at least 4 members (excludes halogenated alkanes) is 14. The normalized spacial score (nSPS) is 12.4. The van der Waals surface area contributed by atoms with Crippen molar-refractivity contribution in [2.45, 2.75) is 186 Å². The van der Waals surface area contributed by atoms with Crippen LogP contribution in [0.25, 0.3) is 0 Å². The Morgan fingerprint density at radius 1 is 0.406 bits per heavy atom. The van der Waals surface area contributed by atoms with Crippen LogP contribution in [0, 0.1) is 5.92 Å². The van der Waals surface area contributed by atoms with Gasteiger partial charge in [-0.1, -0.05) is 90.4 Å². The highest BCUT2D eigenvalue weighted by atomic mass is 16.5. The second-order valence-electron chi connectivity index (χ2n) is 17.5. The first kappa shape index (κ1) is 64.5. The Labute approximate surface area is 409 Å². The van der Waals surface area contributed by atoms with Crippen molar-refractivity contribution in [2.24, 2.45) is 5.92 Å². The van der Waals surface area contributed by atoms with Crippen LogP contribution < -0.4 is 21.3 Å². The van der Waals surface area contributed by atoms with Crippen molar-refractivity contribution in [3.05, 3.63) is 0 Å². The third-order valence-corrected chi connectivity index (χ3v) is 11.3. The fourth-order valence-electron chi connectivity index (χ4n) is 6.93. The van der Waals surface area contributed by atoms with Crippen molar-refractivity contribution in [1.29, 1.82) is 0 Å². The number of amides is 4. The number of rotatable bonds is 50. The molecule has 0 aliphatic heterocycles. The zero-order chi connectivity index (χ0) is 51.3. The number of ketones is 2. The molecule has 20 nitrogen and oxygen atoms in total. The van der Waals surface area contributed by atoms with Gasteiger partial charge in [0.15, 0.2) is 5.78 Å². The number of hydrogen-bond acceptors (Lipinski definition) is 13. The van der Waals surface area contributed by atoms with Gasteiger partial charge in [-0.2, -0.15) is 0 Å². The third kappa shape index (κ3) is 43.2. The smallest absolute Gasteiger partial charge is 0.326 e. The minimum atomic E-state index is -1.27. The average Bonchev–Trinajstić information content (AvgIpc) is 3.29. The zero-order valence-electron chi connectivity index (χ0n) is 41.6. The van der Waals surface area contributed by atoms with Gasteiger partial charge in [0.1, 0.15) is 31.1 Å². The molecule has 0 aliphatic carbocycles. The molecule has 0 fully saturated rings. The van der Waals surface area contributed by atoms with Crippen molar-refractivity contribution >= 4 is 53.1 Å². The largest absolute Gasteiger partial charge is 0.481 e. The van der Waals surface area contributed by atoms with E-state index in [1.165, 1.54) is 38.5 Å². The van der Waals surface area contributed by atoms with Gasteiger partial charge in [0.05, 0.1) is 33.0 Å². The number of nitrogens with one attached hydrogen (secondary N) is 4. The second-order valence-corrected chi connectivity index (χ2v) is 17.5. The molecule has 0 aromatic heterocycles. The summed E-state index contributed by atoms with van der Waals surface area (Å²) in [6.45, 7) is 4.55. The van der Waals surface area contributed by atoms with Crippen LogP contribution in [0.2, 0.25) is 0 Å². The topological polar surface area (TPSA) is 299 Å². The summed E-state index contributed by atoms with van der Waals surface area (Å²) in [5.41, 5.74) is 0. The molecule has 0 spiro atoms. The van der Waals surface area contributed by atoms with E-state index < -0.39 is 42.5 Å². The van der Waals surface area contributed by atoms with E-state index in [0.717, 1.165) is 57.8 Å². The van der Waals surface area contributed by atoms with Crippen molar-refractivity contribution in [3.63, 3.8) is 0 Å². The van der Waals surface area contributed by atoms with Crippen LogP contribution in [0.1, 0.15) is 174 Å². The Morgan fingerprint density at radius 3 is 1.36 bits per heavy atom. The maximum Gasteiger partial charge on any atom is 0.326 e. The SMILES string of the molecule is CC(=O)C(C)CCCCNC(=O)CC[C@H](NC(=O)COCCOCCCC(=O)COCCOCCNC(=O)CC[C@H](NC(=O)CCCCCCCCCCCCCCCCC(=O)O)C(=O)O)C(=O)O. The highest BCUT2D eigenvalue weighted by molar-refractivity contribution is 5.85. The highest BCUT2D eigenvalue weighted by Gasteiger charge is 2.22. The molecule has 0 rings (SSSR count). The first-order valence-electron chi connectivity index (χ1n) is 25.2. The van der Waals surface area contributed by atoms with Crippen molar-refractivity contribution < 1.29 is 77.4 Å². The molecule has 0 heterocycles. The van der Waals surface area contributed by atoms with Crippen LogP contribution >= 0.6 is 0 Å². The summed E-state index contributed by atoms with van der Waals surface area (Å²) in [6, 6.07) is -2.41. The molecule has 398 valence electrons. The lowest BCUT2D eigenvalue weighted by Crippen LogP contribution is -2.43. The average molecular weight is 987 g/mol. The third-order valence-electron chi connectivity index (χ3n) is 11.3. The maximum absolute atomic E-state index is 12.3. The summed E-state index contributed by atoms with van der Waals surface area (Å²) in [4.78, 5) is 106. The van der Waals surface area contributed by atoms with Crippen molar-refractivity contribution in [2.75, 3.05) is 65.9 Å². The molecule has 1 unspecified atom stereocenters. The van der Waals surface area contributed by atoms with E-state index in [1.54, 1.807) is 6.92 Å². The molecular weight excluding hydrogens is 901 g/mol. The molecule has 0 radical (unpaired) electrons. The van der Waals surface area contributed by atoms with Crippen LogP contribution in [0.3, 0.4) is 0 Å². The summed E-state index contributed by atoms with van der Waals surface area (Å²) in [7, 11) is 0. The van der Waals surface area contributed by atoms with E-state index in [-0.39, 0.29) is 133 Å². The molecule has 4 amide bonds. The van der Waals surface area contributed by atoms with Gasteiger partial charge in [-0.15, -0.1) is 0 Å². The van der Waals surface area contributed by atoms with E-state index in [2.05, 4.69) is 21.3 Å². The number of hydrogen-bond donors (Lipinski definition) is 7. The second kappa shape index (κ2) is 44.7. The molecule has 7 N–H and O–H groups in total. The standard InChI is InChI=1S/C49H86N4O16/c1-38(39(2)54)20-17-18-28-50-43(56)26-25-42(49(64)65)53-46(59)37-69-35-32-66-30-19-21-40(55)36-68-34-33-67-31-29-51-44(57)27-24-41(48(62)63)52-45(58)22-15-13-11-9-7-5-3-4-6-8-10-12-14-16-23-47(60)61/h38,41-42H,3-37H2,1-2H3,(H,50,56)(H,51,57)(H,52,58)(H,53,59)(H,60,61)(H,62,63)(H,64,65)/t38?,41-,42-/m0/s1. The Hall–Kier alpha value is -4.53. The molecule has 20 heteroatoms. The van der Waals surface area contributed by atoms with E-state index in [0.29, 0.717) is 25.8 Å². The molecule has 0 aromatic carbocycles. The predicted octanol–water partition coefficient (Wildman–Crippen LogP) is 5.06. The van der Waals surface area contributed by atoms with Crippen molar-refractivity contribution in [1.82, 2.24) is 21.3 Å². The molecule has 0 saturated heterocycles. The predicted molar refractivity (Wildman–Crippen MR) is 256 cm³/mol. The monoisotopic (exact) mass is 987 g/mol. The lowest BCUT2D eigenvalue weighted by Gasteiger charge is -2.15. The quantitative estimate of drug-likeness (QED) is 0.0392. The van der Waals surface area contributed by atoms with Crippen LogP contribution in [0.15, 0.2) is 0 Å². The minimum absolute atomic E-state index is 0.0211. The lowest BCUT2D eigenvalue weighted by molar-refractivity contribution is -0.143. The first-order valence-corrected chi connectivity index (χ1v) is 25.2. The fraction of sp³-hybridized carbons (Fsp3) is 0.816. The number of carboxylic acid groups (broad SMARTS) is 3. The van der Waals surface area contributed by atoms with Crippen molar-refractivity contribution in [3.8, 4) is 0 Å². The molecule has 0 aliphatic rings. The summed E-state index contributed by atoms with van der Waals surface area (Å²) in [6.07, 6.45) is 18.0. The maximum atomic E-state index is 12.3. The van der Waals surface area contributed by atoms with Crippen LogP contribution in [-0.2, 0) is 62.1 Å².